The summed E-state index contributed by atoms with van der Waals surface area (Å²) in [6.07, 6.45) is 2.33. The second-order valence-corrected chi connectivity index (χ2v) is 9.45. The van der Waals surface area contributed by atoms with Crippen LogP contribution in [0.4, 0.5) is 20.2 Å². The van der Waals surface area contributed by atoms with Crippen LogP contribution in [0.15, 0.2) is 54.7 Å². The number of hydrogen-bond donors (Lipinski definition) is 3. The molecule has 1 aromatic heterocycles. The van der Waals surface area contributed by atoms with Crippen LogP contribution in [-0.2, 0) is 6.42 Å². The Kier molecular flexibility index (Phi) is 7.06. The van der Waals surface area contributed by atoms with E-state index in [9.17, 15) is 14.7 Å². The van der Waals surface area contributed by atoms with E-state index in [1.165, 1.54) is 11.9 Å². The SMILES string of the molecule is Cc1cc(I)ccc1Nc1c(C(=O)O)cc(C(=O)N(C)CCc2c[nH]c3ccccc23)c(F)c1F. The van der Waals surface area contributed by atoms with Gasteiger partial charge in [0, 0.05) is 39.9 Å². The average Bonchev–Trinajstić information content (AvgIpc) is 3.24. The molecule has 0 atom stereocenters. The summed E-state index contributed by atoms with van der Waals surface area (Å²) in [6.45, 7) is 1.99. The third-order valence-electron chi connectivity index (χ3n) is 5.85. The maximum Gasteiger partial charge on any atom is 0.337 e. The highest BCUT2D eigenvalue weighted by atomic mass is 127. The smallest absolute Gasteiger partial charge is 0.337 e. The number of aromatic carboxylic acids is 1. The number of carbonyl (C=O) groups excluding carboxylic acids is 1. The summed E-state index contributed by atoms with van der Waals surface area (Å²) >= 11 is 2.11. The number of amides is 1. The van der Waals surface area contributed by atoms with Crippen LogP contribution in [0.2, 0.25) is 0 Å². The molecule has 0 bridgehead atoms. The van der Waals surface area contributed by atoms with Crippen LogP contribution >= 0.6 is 22.6 Å². The lowest BCUT2D eigenvalue weighted by Crippen LogP contribution is -2.30. The highest BCUT2D eigenvalue weighted by Gasteiger charge is 2.27. The summed E-state index contributed by atoms with van der Waals surface area (Å²) < 4.78 is 31.1. The molecule has 0 aliphatic heterocycles. The monoisotopic (exact) mass is 589 g/mol. The van der Waals surface area contributed by atoms with E-state index in [1.807, 2.05) is 36.5 Å². The van der Waals surface area contributed by atoms with Gasteiger partial charge >= 0.3 is 5.97 Å². The molecular weight excluding hydrogens is 567 g/mol. The molecule has 0 unspecified atom stereocenters. The highest BCUT2D eigenvalue weighted by Crippen LogP contribution is 2.31. The Morgan fingerprint density at radius 1 is 1.09 bits per heavy atom. The van der Waals surface area contributed by atoms with Crippen LogP contribution < -0.4 is 5.32 Å². The molecule has 3 N–H and O–H groups in total. The van der Waals surface area contributed by atoms with Crippen LogP contribution in [0.25, 0.3) is 10.9 Å². The van der Waals surface area contributed by atoms with Crippen LogP contribution in [-0.4, -0.2) is 40.5 Å². The van der Waals surface area contributed by atoms with E-state index in [-0.39, 0.29) is 6.54 Å². The number of rotatable bonds is 7. The molecule has 0 aliphatic rings. The van der Waals surface area contributed by atoms with Crippen molar-refractivity contribution in [3.8, 4) is 0 Å². The molecular formula is C26H22F2IN3O3. The molecule has 9 heteroatoms. The molecule has 1 amide bonds. The topological polar surface area (TPSA) is 85.4 Å². The maximum atomic E-state index is 15.1. The van der Waals surface area contributed by atoms with Crippen molar-refractivity contribution in [3.05, 3.63) is 92.2 Å². The van der Waals surface area contributed by atoms with E-state index in [0.717, 1.165) is 31.7 Å². The summed E-state index contributed by atoms with van der Waals surface area (Å²) in [5.74, 6) is -5.10. The van der Waals surface area contributed by atoms with Gasteiger partial charge in [0.05, 0.1) is 16.8 Å². The van der Waals surface area contributed by atoms with Gasteiger partial charge in [0.2, 0.25) is 0 Å². The molecule has 6 nitrogen and oxygen atoms in total. The lowest BCUT2D eigenvalue weighted by Gasteiger charge is -2.20. The van der Waals surface area contributed by atoms with E-state index < -0.39 is 40.3 Å². The number of anilines is 2. The van der Waals surface area contributed by atoms with Gasteiger partial charge in [-0.25, -0.2) is 13.6 Å². The molecule has 0 fully saturated rings. The normalized spacial score (nSPS) is 11.0. The standard InChI is InChI=1S/C26H22F2IN3O3/c1-14-11-16(29)7-8-20(14)31-24-19(26(34)35)12-18(22(27)23(24)28)25(33)32(2)10-9-15-13-30-21-6-4-3-5-17(15)21/h3-8,11-13,30-31H,9-10H2,1-2H3,(H,34,35). The summed E-state index contributed by atoms with van der Waals surface area (Å²) in [5.41, 5.74) is 1.40. The molecule has 0 saturated carbocycles. The Balaban J connectivity index is 1.61. The van der Waals surface area contributed by atoms with E-state index in [2.05, 4.69) is 32.9 Å². The number of fused-ring (bicyclic) bond motifs is 1. The molecule has 35 heavy (non-hydrogen) atoms. The molecule has 3 aromatic carbocycles. The van der Waals surface area contributed by atoms with Gasteiger partial charge in [-0.2, -0.15) is 0 Å². The van der Waals surface area contributed by atoms with E-state index in [1.54, 1.807) is 19.1 Å². The molecule has 0 spiro atoms. The van der Waals surface area contributed by atoms with Crippen molar-refractivity contribution in [2.45, 2.75) is 13.3 Å². The molecule has 0 radical (unpaired) electrons. The van der Waals surface area contributed by atoms with Gasteiger partial charge in [-0.1, -0.05) is 18.2 Å². The number of nitrogens with one attached hydrogen (secondary N) is 2. The number of para-hydroxylation sites is 1. The van der Waals surface area contributed by atoms with Crippen molar-refractivity contribution in [1.29, 1.82) is 0 Å². The number of aryl methyl sites for hydroxylation is 1. The summed E-state index contributed by atoms with van der Waals surface area (Å²) in [7, 11) is 1.47. The zero-order valence-corrected chi connectivity index (χ0v) is 21.1. The van der Waals surface area contributed by atoms with E-state index >= 15 is 8.78 Å². The third-order valence-corrected chi connectivity index (χ3v) is 6.52. The first-order valence-electron chi connectivity index (χ1n) is 10.8. The Morgan fingerprint density at radius 2 is 1.83 bits per heavy atom. The molecule has 4 aromatic rings. The van der Waals surface area contributed by atoms with E-state index in [4.69, 9.17) is 0 Å². The number of carbonyl (C=O) groups is 2. The fourth-order valence-electron chi connectivity index (χ4n) is 3.91. The lowest BCUT2D eigenvalue weighted by molar-refractivity contribution is 0.0697. The lowest BCUT2D eigenvalue weighted by atomic mass is 10.0. The number of hydrogen-bond acceptors (Lipinski definition) is 3. The zero-order valence-electron chi connectivity index (χ0n) is 19.0. The molecule has 1 heterocycles. The number of carboxylic acids is 1. The van der Waals surface area contributed by atoms with Gasteiger partial charge in [-0.15, -0.1) is 0 Å². The summed E-state index contributed by atoms with van der Waals surface area (Å²) in [4.78, 5) is 29.3. The first-order chi connectivity index (χ1) is 16.7. The van der Waals surface area contributed by atoms with Crippen molar-refractivity contribution in [1.82, 2.24) is 9.88 Å². The molecule has 0 saturated heterocycles. The summed E-state index contributed by atoms with van der Waals surface area (Å²) in [5, 5.41) is 13.4. The predicted octanol–water partition coefficient (Wildman–Crippen LogP) is 6.12. The van der Waals surface area contributed by atoms with Crippen LogP contribution in [0.5, 0.6) is 0 Å². The predicted molar refractivity (Wildman–Crippen MR) is 139 cm³/mol. The van der Waals surface area contributed by atoms with Gasteiger partial charge in [0.25, 0.3) is 5.91 Å². The van der Waals surface area contributed by atoms with Gasteiger partial charge in [-0.05, 0) is 77.4 Å². The Morgan fingerprint density at radius 3 is 2.54 bits per heavy atom. The minimum absolute atomic E-state index is 0.228. The number of likely N-dealkylation sites (N-methyl/N-ethyl adjacent to an activating group) is 1. The van der Waals surface area contributed by atoms with Crippen LogP contribution in [0, 0.1) is 22.1 Å². The quantitative estimate of drug-likeness (QED) is 0.227. The fourth-order valence-corrected chi connectivity index (χ4v) is 4.56. The first kappa shape index (κ1) is 24.6. The maximum absolute atomic E-state index is 15.1. The number of halogens is 3. The van der Waals surface area contributed by atoms with Crippen molar-refractivity contribution in [2.75, 3.05) is 18.9 Å². The minimum atomic E-state index is -1.48. The van der Waals surface area contributed by atoms with Crippen LogP contribution in [0.1, 0.15) is 31.8 Å². The first-order valence-corrected chi connectivity index (χ1v) is 11.8. The number of carboxylic acid groups (broad SMARTS) is 1. The van der Waals surface area contributed by atoms with E-state index in [0.29, 0.717) is 12.1 Å². The number of nitrogens with zero attached hydrogens (tertiary/aromatic N) is 1. The van der Waals surface area contributed by atoms with Crippen molar-refractivity contribution in [3.63, 3.8) is 0 Å². The summed E-state index contributed by atoms with van der Waals surface area (Å²) in [6, 6.07) is 13.8. The molecule has 4 rings (SSSR count). The second-order valence-electron chi connectivity index (χ2n) is 8.20. The zero-order chi connectivity index (χ0) is 25.3. The van der Waals surface area contributed by atoms with Gasteiger partial charge in [0.1, 0.15) is 0 Å². The van der Waals surface area contributed by atoms with Crippen molar-refractivity contribution >= 4 is 56.7 Å². The van der Waals surface area contributed by atoms with Crippen LogP contribution in [0.3, 0.4) is 0 Å². The molecule has 0 aliphatic carbocycles. The number of H-pyrrole nitrogens is 1. The average molecular weight is 589 g/mol. The van der Waals surface area contributed by atoms with Gasteiger partial charge < -0.3 is 20.3 Å². The highest BCUT2D eigenvalue weighted by molar-refractivity contribution is 14.1. The Hall–Kier alpha value is -3.47. The largest absolute Gasteiger partial charge is 0.478 e. The van der Waals surface area contributed by atoms with Gasteiger partial charge in [0.15, 0.2) is 11.6 Å². The Labute approximate surface area is 214 Å². The van der Waals surface area contributed by atoms with Gasteiger partial charge in [-0.3, -0.25) is 4.79 Å². The number of benzene rings is 3. The van der Waals surface area contributed by atoms with Crippen molar-refractivity contribution in [2.24, 2.45) is 0 Å². The number of aromatic nitrogens is 1. The minimum Gasteiger partial charge on any atom is -0.478 e. The Bertz CT molecular complexity index is 1450. The second kappa shape index (κ2) is 10.0. The van der Waals surface area contributed by atoms with Crippen molar-refractivity contribution < 1.29 is 23.5 Å². The third kappa shape index (κ3) is 5.00. The fraction of sp³-hybridized carbons (Fsp3) is 0.154. The molecule has 180 valence electrons. The number of aromatic amines is 1.